The van der Waals surface area contributed by atoms with Crippen LogP contribution in [-0.2, 0) is 8.54 Å². The van der Waals surface area contributed by atoms with Gasteiger partial charge in [0.15, 0.2) is 0 Å². The van der Waals surface area contributed by atoms with Crippen molar-refractivity contribution in [3.63, 3.8) is 0 Å². The minimum Gasteiger partial charge on any atom is -0.324 e. The molecule has 1 N–H and O–H groups in total. The molecule has 13 heavy (non-hydrogen) atoms. The average molecular weight is 222 g/mol. The van der Waals surface area contributed by atoms with Gasteiger partial charge in [0, 0.05) is 18.7 Å². The molecule has 0 saturated carbocycles. The summed E-state index contributed by atoms with van der Waals surface area (Å²) in [6.07, 6.45) is 0. The number of hydrogen-bond acceptors (Lipinski definition) is 3. The van der Waals surface area contributed by atoms with Gasteiger partial charge in [-0.15, -0.1) is 0 Å². The van der Waals surface area contributed by atoms with Crippen molar-refractivity contribution in [2.24, 2.45) is 0 Å². The Morgan fingerprint density at radius 2 is 2.15 bits per heavy atom. The number of halogens is 1. The SMILES string of the molecule is CP(=O)(O)OSc1ccccc1F. The lowest BCUT2D eigenvalue weighted by atomic mass is 10.4. The molecule has 0 amide bonds. The lowest BCUT2D eigenvalue weighted by Crippen LogP contribution is -1.81. The van der Waals surface area contributed by atoms with Crippen LogP contribution < -0.4 is 0 Å². The molecule has 1 rings (SSSR count). The van der Waals surface area contributed by atoms with Gasteiger partial charge >= 0.3 is 7.60 Å². The second-order valence-electron chi connectivity index (χ2n) is 2.39. The van der Waals surface area contributed by atoms with Gasteiger partial charge in [0.05, 0.1) is 4.90 Å². The largest absolute Gasteiger partial charge is 0.336 e. The van der Waals surface area contributed by atoms with Crippen LogP contribution in [0, 0.1) is 5.82 Å². The molecule has 72 valence electrons. The molecule has 3 nitrogen and oxygen atoms in total. The topological polar surface area (TPSA) is 46.5 Å². The van der Waals surface area contributed by atoms with Gasteiger partial charge in [-0.1, -0.05) is 12.1 Å². The standard InChI is InChI=1S/C7H8FO3PS/c1-12(9,10)11-13-7-5-3-2-4-6(7)8/h2-5H,1H3,(H,9,10). The van der Waals surface area contributed by atoms with Crippen molar-refractivity contribution in [1.29, 1.82) is 0 Å². The summed E-state index contributed by atoms with van der Waals surface area (Å²) in [5.74, 6) is -0.471. The second-order valence-corrected chi connectivity index (χ2v) is 5.20. The van der Waals surface area contributed by atoms with Gasteiger partial charge in [0.25, 0.3) is 0 Å². The summed E-state index contributed by atoms with van der Waals surface area (Å²) in [4.78, 5) is 8.95. The zero-order valence-corrected chi connectivity index (χ0v) is 8.52. The quantitative estimate of drug-likeness (QED) is 0.630. The molecule has 0 bridgehead atoms. The summed E-state index contributed by atoms with van der Waals surface area (Å²) in [6, 6.07) is 5.87. The predicted octanol–water partition coefficient (Wildman–Crippen LogP) is 2.66. The highest BCUT2D eigenvalue weighted by molar-refractivity contribution is 7.98. The lowest BCUT2D eigenvalue weighted by Gasteiger charge is -2.04. The van der Waals surface area contributed by atoms with E-state index in [1.807, 2.05) is 0 Å². The summed E-state index contributed by atoms with van der Waals surface area (Å²) in [6.45, 7) is 1.04. The molecular formula is C7H8FO3PS. The van der Waals surface area contributed by atoms with Gasteiger partial charge < -0.3 is 4.89 Å². The maximum Gasteiger partial charge on any atom is 0.336 e. The molecule has 1 atom stereocenters. The van der Waals surface area contributed by atoms with Crippen molar-refractivity contribution < 1.29 is 17.8 Å². The number of rotatable bonds is 3. The van der Waals surface area contributed by atoms with E-state index >= 15 is 0 Å². The molecule has 1 aromatic carbocycles. The molecule has 0 aliphatic rings. The van der Waals surface area contributed by atoms with Crippen LogP contribution in [0.4, 0.5) is 4.39 Å². The van der Waals surface area contributed by atoms with E-state index in [2.05, 4.69) is 3.97 Å². The molecule has 1 aromatic rings. The first-order chi connectivity index (χ1) is 5.99. The monoisotopic (exact) mass is 222 g/mol. The van der Waals surface area contributed by atoms with Gasteiger partial charge in [-0.05, 0) is 12.1 Å². The first-order valence-electron chi connectivity index (χ1n) is 3.40. The predicted molar refractivity (Wildman–Crippen MR) is 49.1 cm³/mol. The van der Waals surface area contributed by atoms with Gasteiger partial charge in [-0.2, -0.15) is 0 Å². The Morgan fingerprint density at radius 3 is 2.69 bits per heavy atom. The van der Waals surface area contributed by atoms with Crippen LogP contribution in [0.5, 0.6) is 0 Å². The minimum atomic E-state index is -3.55. The van der Waals surface area contributed by atoms with Crippen LogP contribution in [0.3, 0.4) is 0 Å². The van der Waals surface area contributed by atoms with Crippen LogP contribution in [0.1, 0.15) is 0 Å². The maximum absolute atomic E-state index is 12.9. The molecule has 0 fully saturated rings. The highest BCUT2D eigenvalue weighted by atomic mass is 32.2. The Balaban J connectivity index is 2.65. The van der Waals surface area contributed by atoms with Crippen molar-refractivity contribution >= 4 is 19.6 Å². The summed E-state index contributed by atoms with van der Waals surface area (Å²) in [5.41, 5.74) is 0. The van der Waals surface area contributed by atoms with Crippen LogP contribution in [0.25, 0.3) is 0 Å². The Bertz CT molecular complexity index is 338. The summed E-state index contributed by atoms with van der Waals surface area (Å²) < 4.78 is 28.1. The van der Waals surface area contributed by atoms with E-state index in [1.54, 1.807) is 6.07 Å². The fourth-order valence-corrected chi connectivity index (χ4v) is 1.78. The summed E-state index contributed by atoms with van der Waals surface area (Å²) in [5, 5.41) is 0. The van der Waals surface area contributed by atoms with E-state index in [9.17, 15) is 8.96 Å². The van der Waals surface area contributed by atoms with Crippen molar-refractivity contribution in [3.05, 3.63) is 30.1 Å². The Kier molecular flexibility index (Phi) is 3.50. The molecule has 6 heteroatoms. The molecule has 0 heterocycles. The highest BCUT2D eigenvalue weighted by Crippen LogP contribution is 2.44. The fourth-order valence-electron chi connectivity index (χ4n) is 0.622. The van der Waals surface area contributed by atoms with Crippen LogP contribution in [0.15, 0.2) is 29.2 Å². The molecule has 0 saturated heterocycles. The number of hydrogen-bond donors (Lipinski definition) is 1. The molecule has 0 aliphatic carbocycles. The van der Waals surface area contributed by atoms with Gasteiger partial charge in [-0.3, -0.25) is 4.57 Å². The second kappa shape index (κ2) is 4.24. The van der Waals surface area contributed by atoms with E-state index in [1.165, 1.54) is 18.2 Å². The zero-order chi connectivity index (χ0) is 9.90. The maximum atomic E-state index is 12.9. The van der Waals surface area contributed by atoms with Gasteiger partial charge in [0.1, 0.15) is 5.82 Å². The normalized spacial score (nSPS) is 15.3. The van der Waals surface area contributed by atoms with E-state index in [4.69, 9.17) is 4.89 Å². The van der Waals surface area contributed by atoms with Crippen LogP contribution in [-0.4, -0.2) is 11.6 Å². The van der Waals surface area contributed by atoms with Crippen LogP contribution in [0.2, 0.25) is 0 Å². The molecular weight excluding hydrogens is 214 g/mol. The smallest absolute Gasteiger partial charge is 0.324 e. The first kappa shape index (κ1) is 10.7. The minimum absolute atomic E-state index is 0.193. The average Bonchev–Trinajstić information content (AvgIpc) is 2.01. The molecule has 0 aromatic heterocycles. The van der Waals surface area contributed by atoms with Gasteiger partial charge in [0.2, 0.25) is 0 Å². The summed E-state index contributed by atoms with van der Waals surface area (Å²) >= 11 is 0.566. The van der Waals surface area contributed by atoms with E-state index in [0.29, 0.717) is 12.0 Å². The summed E-state index contributed by atoms with van der Waals surface area (Å²) in [7, 11) is -3.55. The van der Waals surface area contributed by atoms with Crippen molar-refractivity contribution in [2.75, 3.05) is 6.66 Å². The van der Waals surface area contributed by atoms with E-state index < -0.39 is 13.4 Å². The van der Waals surface area contributed by atoms with Crippen LogP contribution >= 0.6 is 19.6 Å². The van der Waals surface area contributed by atoms with Crippen molar-refractivity contribution in [1.82, 2.24) is 0 Å². The zero-order valence-electron chi connectivity index (χ0n) is 6.81. The number of benzene rings is 1. The van der Waals surface area contributed by atoms with Crippen molar-refractivity contribution in [2.45, 2.75) is 4.90 Å². The third-order valence-electron chi connectivity index (χ3n) is 1.10. The molecule has 1 unspecified atom stereocenters. The molecule has 0 radical (unpaired) electrons. The first-order valence-corrected chi connectivity index (χ1v) is 6.17. The Labute approximate surface area is 79.7 Å². The third-order valence-corrected chi connectivity index (χ3v) is 3.02. The Morgan fingerprint density at radius 1 is 1.54 bits per heavy atom. The third kappa shape index (κ3) is 3.91. The fraction of sp³-hybridized carbons (Fsp3) is 0.143. The van der Waals surface area contributed by atoms with Crippen molar-refractivity contribution in [3.8, 4) is 0 Å². The highest BCUT2D eigenvalue weighted by Gasteiger charge is 2.12. The molecule has 0 aliphatic heterocycles. The Hall–Kier alpha value is -0.350. The lowest BCUT2D eigenvalue weighted by molar-refractivity contribution is 0.409. The van der Waals surface area contributed by atoms with Gasteiger partial charge in [-0.25, -0.2) is 8.36 Å². The van der Waals surface area contributed by atoms with E-state index in [-0.39, 0.29) is 4.90 Å². The van der Waals surface area contributed by atoms with E-state index in [0.717, 1.165) is 6.66 Å². The molecule has 0 spiro atoms.